The van der Waals surface area contributed by atoms with Crippen molar-refractivity contribution in [3.05, 3.63) is 17.5 Å². The van der Waals surface area contributed by atoms with Crippen molar-refractivity contribution in [3.8, 4) is 0 Å². The second-order valence-electron chi connectivity index (χ2n) is 4.87. The van der Waals surface area contributed by atoms with Crippen molar-refractivity contribution in [2.75, 3.05) is 0 Å². The summed E-state index contributed by atoms with van der Waals surface area (Å²) in [5.41, 5.74) is 1.31. The molecule has 98 valence electrons. The summed E-state index contributed by atoms with van der Waals surface area (Å²) in [4.78, 5) is 22.6. The molecule has 3 N–H and O–H groups in total. The maximum absolute atomic E-state index is 11.9. The Kier molecular flexibility index (Phi) is 3.36. The van der Waals surface area contributed by atoms with E-state index in [2.05, 4.69) is 15.5 Å². The van der Waals surface area contributed by atoms with Gasteiger partial charge in [-0.05, 0) is 32.8 Å². The zero-order valence-corrected chi connectivity index (χ0v) is 10.4. The molecule has 0 saturated heterocycles. The van der Waals surface area contributed by atoms with Crippen molar-refractivity contribution < 1.29 is 14.7 Å². The third kappa shape index (κ3) is 2.69. The quantitative estimate of drug-likeness (QED) is 0.731. The van der Waals surface area contributed by atoms with Gasteiger partial charge in [-0.3, -0.25) is 14.7 Å². The van der Waals surface area contributed by atoms with E-state index in [-0.39, 0.29) is 5.91 Å². The summed E-state index contributed by atoms with van der Waals surface area (Å²) >= 11 is 0. The van der Waals surface area contributed by atoms with Gasteiger partial charge < -0.3 is 10.4 Å². The number of amides is 1. The van der Waals surface area contributed by atoms with Crippen molar-refractivity contribution in [2.45, 2.75) is 38.6 Å². The molecule has 0 aliphatic heterocycles. The van der Waals surface area contributed by atoms with Crippen molar-refractivity contribution in [2.24, 2.45) is 5.92 Å². The van der Waals surface area contributed by atoms with Crippen LogP contribution in [0.3, 0.4) is 0 Å². The average Bonchev–Trinajstić information content (AvgIpc) is 3.05. The Morgan fingerprint density at radius 1 is 1.50 bits per heavy atom. The van der Waals surface area contributed by atoms with Crippen molar-refractivity contribution in [1.82, 2.24) is 15.5 Å². The molecule has 1 amide bonds. The minimum absolute atomic E-state index is 0.321. The second kappa shape index (κ2) is 4.80. The summed E-state index contributed by atoms with van der Waals surface area (Å²) in [5.74, 6) is -1.38. The van der Waals surface area contributed by atoms with Crippen LogP contribution in [0.15, 0.2) is 6.07 Å². The van der Waals surface area contributed by atoms with Crippen LogP contribution in [0.2, 0.25) is 0 Å². The molecule has 2 atom stereocenters. The number of nitrogens with one attached hydrogen (secondary N) is 2. The third-order valence-electron chi connectivity index (χ3n) is 3.35. The van der Waals surface area contributed by atoms with Crippen LogP contribution in [0.4, 0.5) is 0 Å². The Hall–Kier alpha value is -1.85. The zero-order chi connectivity index (χ0) is 13.3. The molecule has 1 saturated carbocycles. The third-order valence-corrected chi connectivity index (χ3v) is 3.35. The largest absolute Gasteiger partial charge is 0.481 e. The monoisotopic (exact) mass is 251 g/mol. The summed E-state index contributed by atoms with van der Waals surface area (Å²) in [6.45, 7) is 3.23. The summed E-state index contributed by atoms with van der Waals surface area (Å²) in [6, 6.07) is 1.31. The SMILES string of the molecule is CC(NC(=O)c1cc(C2CC2)[nH]n1)C(C)C(=O)O. The number of rotatable bonds is 5. The standard InChI is InChI=1S/C12H17N3O3/c1-6(12(17)18)7(2)13-11(16)10-5-9(14-15-10)8-3-4-8/h5-8H,3-4H2,1-2H3,(H,13,16)(H,14,15)(H,17,18). The van der Waals surface area contributed by atoms with Gasteiger partial charge in [-0.2, -0.15) is 5.10 Å². The summed E-state index contributed by atoms with van der Waals surface area (Å²) in [5, 5.41) is 18.3. The number of aliphatic carboxylic acids is 1. The minimum Gasteiger partial charge on any atom is -0.481 e. The van der Waals surface area contributed by atoms with E-state index in [1.807, 2.05) is 0 Å². The highest BCUT2D eigenvalue weighted by molar-refractivity contribution is 5.92. The Morgan fingerprint density at radius 3 is 2.72 bits per heavy atom. The van der Waals surface area contributed by atoms with E-state index in [1.54, 1.807) is 19.9 Å². The lowest BCUT2D eigenvalue weighted by Gasteiger charge is -2.16. The first kappa shape index (κ1) is 12.6. The van der Waals surface area contributed by atoms with E-state index in [0.717, 1.165) is 18.5 Å². The van der Waals surface area contributed by atoms with Gasteiger partial charge in [-0.25, -0.2) is 0 Å². The molecule has 0 bridgehead atoms. The summed E-state index contributed by atoms with van der Waals surface area (Å²) in [7, 11) is 0. The molecule has 0 spiro atoms. The molecular weight excluding hydrogens is 234 g/mol. The van der Waals surface area contributed by atoms with Gasteiger partial charge in [-0.1, -0.05) is 0 Å². The zero-order valence-electron chi connectivity index (χ0n) is 10.4. The lowest BCUT2D eigenvalue weighted by atomic mass is 10.0. The molecular formula is C12H17N3O3. The van der Waals surface area contributed by atoms with Crippen molar-refractivity contribution >= 4 is 11.9 Å². The molecule has 0 radical (unpaired) electrons. The van der Waals surface area contributed by atoms with E-state index in [4.69, 9.17) is 5.11 Å². The van der Waals surface area contributed by atoms with Gasteiger partial charge in [0.05, 0.1) is 5.92 Å². The maximum atomic E-state index is 11.9. The molecule has 1 aliphatic rings. The number of hydrogen-bond donors (Lipinski definition) is 3. The summed E-state index contributed by atoms with van der Waals surface area (Å²) in [6.07, 6.45) is 2.27. The van der Waals surface area contributed by atoms with Gasteiger partial charge in [0, 0.05) is 17.7 Å². The van der Waals surface area contributed by atoms with Crippen LogP contribution in [-0.4, -0.2) is 33.2 Å². The molecule has 2 rings (SSSR count). The normalized spacial score (nSPS) is 18.1. The van der Waals surface area contributed by atoms with E-state index < -0.39 is 17.9 Å². The van der Waals surface area contributed by atoms with Gasteiger partial charge in [0.2, 0.25) is 0 Å². The van der Waals surface area contributed by atoms with E-state index in [1.165, 1.54) is 0 Å². The topological polar surface area (TPSA) is 95.1 Å². The van der Waals surface area contributed by atoms with Crippen LogP contribution in [0.1, 0.15) is 48.8 Å². The number of H-pyrrole nitrogens is 1. The number of carboxylic acids is 1. The number of aromatic amines is 1. The molecule has 6 nitrogen and oxygen atoms in total. The van der Waals surface area contributed by atoms with Crippen LogP contribution in [0.25, 0.3) is 0 Å². The number of nitrogens with zero attached hydrogens (tertiary/aromatic N) is 1. The predicted octanol–water partition coefficient (Wildman–Crippen LogP) is 1.13. The van der Waals surface area contributed by atoms with Gasteiger partial charge in [-0.15, -0.1) is 0 Å². The lowest BCUT2D eigenvalue weighted by Crippen LogP contribution is -2.40. The smallest absolute Gasteiger partial charge is 0.308 e. The number of carbonyl (C=O) groups excluding carboxylic acids is 1. The lowest BCUT2D eigenvalue weighted by molar-refractivity contribution is -0.141. The van der Waals surface area contributed by atoms with Crippen LogP contribution in [0.5, 0.6) is 0 Å². The fourth-order valence-corrected chi connectivity index (χ4v) is 1.68. The molecule has 1 aliphatic carbocycles. The van der Waals surface area contributed by atoms with Crippen LogP contribution in [-0.2, 0) is 4.79 Å². The van der Waals surface area contributed by atoms with Crippen molar-refractivity contribution in [1.29, 1.82) is 0 Å². The van der Waals surface area contributed by atoms with Gasteiger partial charge in [0.25, 0.3) is 5.91 Å². The van der Waals surface area contributed by atoms with Gasteiger partial charge in [0.1, 0.15) is 5.69 Å². The Labute approximate surface area is 105 Å². The van der Waals surface area contributed by atoms with Crippen LogP contribution >= 0.6 is 0 Å². The van der Waals surface area contributed by atoms with Crippen molar-refractivity contribution in [3.63, 3.8) is 0 Å². The highest BCUT2D eigenvalue weighted by Crippen LogP contribution is 2.38. The van der Waals surface area contributed by atoms with E-state index in [0.29, 0.717) is 11.6 Å². The van der Waals surface area contributed by atoms with Crippen LogP contribution in [0, 0.1) is 5.92 Å². The Morgan fingerprint density at radius 2 is 2.17 bits per heavy atom. The van der Waals surface area contributed by atoms with E-state index >= 15 is 0 Å². The first-order valence-electron chi connectivity index (χ1n) is 6.08. The first-order valence-corrected chi connectivity index (χ1v) is 6.08. The minimum atomic E-state index is -0.927. The molecule has 1 fully saturated rings. The molecule has 0 aromatic carbocycles. The summed E-state index contributed by atoms with van der Waals surface area (Å²) < 4.78 is 0. The molecule has 1 heterocycles. The second-order valence-corrected chi connectivity index (χ2v) is 4.87. The highest BCUT2D eigenvalue weighted by Gasteiger charge is 2.27. The molecule has 6 heteroatoms. The van der Waals surface area contributed by atoms with Gasteiger partial charge in [0.15, 0.2) is 0 Å². The Balaban J connectivity index is 1.95. The molecule has 2 unspecified atom stereocenters. The first-order chi connectivity index (χ1) is 8.49. The number of carbonyl (C=O) groups is 2. The maximum Gasteiger partial charge on any atom is 0.308 e. The highest BCUT2D eigenvalue weighted by atomic mass is 16.4. The van der Waals surface area contributed by atoms with Crippen LogP contribution < -0.4 is 5.32 Å². The molecule has 1 aromatic rings. The van der Waals surface area contributed by atoms with E-state index in [9.17, 15) is 9.59 Å². The number of aromatic nitrogens is 2. The Bertz CT molecular complexity index is 465. The fourth-order valence-electron chi connectivity index (χ4n) is 1.68. The predicted molar refractivity (Wildman–Crippen MR) is 64.3 cm³/mol. The molecule has 18 heavy (non-hydrogen) atoms. The number of carboxylic acid groups (broad SMARTS) is 1. The number of hydrogen-bond acceptors (Lipinski definition) is 3. The average molecular weight is 251 g/mol. The fraction of sp³-hybridized carbons (Fsp3) is 0.583. The molecule has 1 aromatic heterocycles. The van der Waals surface area contributed by atoms with Gasteiger partial charge >= 0.3 is 5.97 Å².